The van der Waals surface area contributed by atoms with Gasteiger partial charge in [-0.3, -0.25) is 0 Å². The molecular weight excluding hydrogens is 418 g/mol. The van der Waals surface area contributed by atoms with E-state index in [0.717, 1.165) is 12.1 Å². The number of phenols is 1. The van der Waals surface area contributed by atoms with Gasteiger partial charge >= 0.3 is 6.16 Å². The molecule has 1 aromatic heterocycles. The minimum Gasteiger partial charge on any atom is -0.507 e. The molecule has 1 heterocycles. The van der Waals surface area contributed by atoms with Crippen molar-refractivity contribution in [1.29, 1.82) is 0 Å². The van der Waals surface area contributed by atoms with Crippen LogP contribution in [0.5, 0.6) is 11.5 Å². The molecule has 6 nitrogen and oxygen atoms in total. The lowest BCUT2D eigenvalue weighted by molar-refractivity contribution is 0.144. The van der Waals surface area contributed by atoms with Crippen LogP contribution in [0.3, 0.4) is 0 Å². The van der Waals surface area contributed by atoms with E-state index >= 15 is 0 Å². The number of nitrogens with one attached hydrogen (secondary N) is 1. The second-order valence-corrected chi connectivity index (χ2v) is 7.17. The van der Waals surface area contributed by atoms with Crippen LogP contribution < -0.4 is 4.74 Å². The maximum Gasteiger partial charge on any atom is 0.511 e. The van der Waals surface area contributed by atoms with E-state index < -0.39 is 17.8 Å². The van der Waals surface area contributed by atoms with Crippen LogP contribution in [0.1, 0.15) is 0 Å². The first-order valence-electron chi connectivity index (χ1n) is 9.51. The van der Waals surface area contributed by atoms with E-state index in [0.29, 0.717) is 44.3 Å². The van der Waals surface area contributed by atoms with E-state index in [2.05, 4.69) is 14.7 Å². The summed E-state index contributed by atoms with van der Waals surface area (Å²) in [5.41, 5.74) is 3.07. The molecule has 0 aliphatic carbocycles. The molecule has 0 spiro atoms. The molecule has 0 atom stereocenters. The molecule has 32 heavy (non-hydrogen) atoms. The van der Waals surface area contributed by atoms with Gasteiger partial charge in [0.1, 0.15) is 22.8 Å². The van der Waals surface area contributed by atoms with E-state index in [-0.39, 0.29) is 11.5 Å². The van der Waals surface area contributed by atoms with Crippen molar-refractivity contribution in [1.82, 2.24) is 9.97 Å². The molecule has 0 amide bonds. The highest BCUT2D eigenvalue weighted by molar-refractivity contribution is 6.08. The minimum atomic E-state index is -1.48. The topological polar surface area (TPSA) is 95.4 Å². The summed E-state index contributed by atoms with van der Waals surface area (Å²) >= 11 is 0. The van der Waals surface area contributed by atoms with Crippen LogP contribution >= 0.6 is 0 Å². The Labute approximate surface area is 179 Å². The van der Waals surface area contributed by atoms with Gasteiger partial charge in [0.25, 0.3) is 0 Å². The van der Waals surface area contributed by atoms with Crippen molar-refractivity contribution in [2.45, 2.75) is 0 Å². The summed E-state index contributed by atoms with van der Waals surface area (Å²) in [4.78, 5) is 18.6. The van der Waals surface area contributed by atoms with E-state index in [9.17, 15) is 18.7 Å². The number of phenolic OH excluding ortho intramolecular Hbond substituents is 1. The number of ether oxygens (including phenoxy) is 1. The first-order chi connectivity index (χ1) is 15.4. The van der Waals surface area contributed by atoms with Crippen LogP contribution in [0.4, 0.5) is 13.6 Å². The number of halogens is 2. The predicted octanol–water partition coefficient (Wildman–Crippen LogP) is 6.09. The molecule has 0 fully saturated rings. The Bertz CT molecular complexity index is 1530. The Balaban J connectivity index is 1.61. The summed E-state index contributed by atoms with van der Waals surface area (Å²) in [6, 6.07) is 17.1. The standard InChI is InChI=1S/C24H14F2N2O4/c25-17-6-4-13(10-18(17)26)12-2-1-3-15(8-12)23-27-19-7-5-14-9-16(32-24(30)31)11-20(29)21(14)22(19)28-23/h1-11,29H,(H,27,28)(H,30,31). The molecule has 3 N–H and O–H groups in total. The van der Waals surface area contributed by atoms with Gasteiger partial charge in [-0.25, -0.2) is 18.6 Å². The molecule has 0 unspecified atom stereocenters. The third-order valence-corrected chi connectivity index (χ3v) is 5.11. The quantitative estimate of drug-likeness (QED) is 0.237. The Morgan fingerprint density at radius 2 is 1.69 bits per heavy atom. The van der Waals surface area contributed by atoms with Gasteiger partial charge in [0.05, 0.1) is 10.9 Å². The van der Waals surface area contributed by atoms with Crippen LogP contribution in [0, 0.1) is 11.6 Å². The molecule has 0 saturated carbocycles. The van der Waals surface area contributed by atoms with Crippen molar-refractivity contribution >= 4 is 28.0 Å². The third-order valence-electron chi connectivity index (χ3n) is 5.11. The average molecular weight is 432 g/mol. The lowest BCUT2D eigenvalue weighted by Crippen LogP contribution is -2.02. The van der Waals surface area contributed by atoms with Crippen LogP contribution in [0.15, 0.2) is 66.7 Å². The van der Waals surface area contributed by atoms with Crippen molar-refractivity contribution in [2.75, 3.05) is 0 Å². The van der Waals surface area contributed by atoms with E-state index in [1.165, 1.54) is 18.2 Å². The number of rotatable bonds is 3. The number of hydrogen-bond acceptors (Lipinski definition) is 4. The van der Waals surface area contributed by atoms with Gasteiger partial charge in [-0.05, 0) is 46.8 Å². The maximum absolute atomic E-state index is 13.7. The van der Waals surface area contributed by atoms with Gasteiger partial charge in [0.2, 0.25) is 0 Å². The van der Waals surface area contributed by atoms with Crippen LogP contribution in [-0.2, 0) is 0 Å². The smallest absolute Gasteiger partial charge is 0.507 e. The van der Waals surface area contributed by atoms with Gasteiger partial charge in [0, 0.05) is 11.6 Å². The zero-order valence-electron chi connectivity index (χ0n) is 16.3. The number of fused-ring (bicyclic) bond motifs is 3. The molecule has 0 saturated heterocycles. The summed E-state index contributed by atoms with van der Waals surface area (Å²) in [5.74, 6) is -1.49. The lowest BCUT2D eigenvalue weighted by atomic mass is 10.0. The number of aromatic amines is 1. The molecule has 158 valence electrons. The third kappa shape index (κ3) is 3.37. The first-order valence-corrected chi connectivity index (χ1v) is 9.51. The van der Waals surface area contributed by atoms with E-state index in [1.54, 1.807) is 30.3 Å². The fourth-order valence-electron chi connectivity index (χ4n) is 3.70. The monoisotopic (exact) mass is 432 g/mol. The van der Waals surface area contributed by atoms with Crippen molar-refractivity contribution in [3.63, 3.8) is 0 Å². The van der Waals surface area contributed by atoms with Crippen molar-refractivity contribution in [3.05, 3.63) is 78.4 Å². The molecular formula is C24H14F2N2O4. The molecule has 0 radical (unpaired) electrons. The Morgan fingerprint density at radius 3 is 2.47 bits per heavy atom. The highest BCUT2D eigenvalue weighted by atomic mass is 19.2. The number of nitrogens with zero attached hydrogens (tertiary/aromatic N) is 1. The summed E-state index contributed by atoms with van der Waals surface area (Å²) in [6.45, 7) is 0. The summed E-state index contributed by atoms with van der Waals surface area (Å²) in [6.07, 6.45) is -1.48. The van der Waals surface area contributed by atoms with Crippen LogP contribution in [-0.4, -0.2) is 26.3 Å². The predicted molar refractivity (Wildman–Crippen MR) is 115 cm³/mol. The molecule has 0 aliphatic rings. The zero-order chi connectivity index (χ0) is 22.4. The second-order valence-electron chi connectivity index (χ2n) is 7.17. The number of carboxylic acid groups (broad SMARTS) is 1. The number of hydrogen-bond donors (Lipinski definition) is 3. The minimum absolute atomic E-state index is 0.00293. The molecule has 4 aromatic carbocycles. The van der Waals surface area contributed by atoms with Gasteiger partial charge in [-0.1, -0.05) is 30.3 Å². The van der Waals surface area contributed by atoms with Crippen molar-refractivity contribution in [2.24, 2.45) is 0 Å². The van der Waals surface area contributed by atoms with Gasteiger partial charge < -0.3 is 19.9 Å². The number of benzene rings is 4. The van der Waals surface area contributed by atoms with Gasteiger partial charge in [-0.2, -0.15) is 0 Å². The van der Waals surface area contributed by atoms with Gasteiger partial charge in [0.15, 0.2) is 11.6 Å². The number of imidazole rings is 1. The Morgan fingerprint density at radius 1 is 0.906 bits per heavy atom. The second kappa shape index (κ2) is 7.35. The molecule has 8 heteroatoms. The Kier molecular flexibility index (Phi) is 4.48. The first kappa shape index (κ1) is 19.5. The van der Waals surface area contributed by atoms with Crippen molar-refractivity contribution < 1.29 is 28.5 Å². The zero-order valence-corrected chi connectivity index (χ0v) is 16.3. The highest BCUT2D eigenvalue weighted by Crippen LogP contribution is 2.36. The van der Waals surface area contributed by atoms with Gasteiger partial charge in [-0.15, -0.1) is 0 Å². The average Bonchev–Trinajstić information content (AvgIpc) is 3.19. The molecule has 0 bridgehead atoms. The largest absolute Gasteiger partial charge is 0.511 e. The Hall–Kier alpha value is -4.46. The summed E-state index contributed by atoms with van der Waals surface area (Å²) in [7, 11) is 0. The van der Waals surface area contributed by atoms with Crippen LogP contribution in [0.2, 0.25) is 0 Å². The normalized spacial score (nSPS) is 11.2. The number of aromatic nitrogens is 2. The maximum atomic E-state index is 13.7. The summed E-state index contributed by atoms with van der Waals surface area (Å²) in [5, 5.41) is 20.3. The molecule has 5 rings (SSSR count). The van der Waals surface area contributed by atoms with E-state index in [1.807, 2.05) is 6.07 Å². The fraction of sp³-hybridized carbons (Fsp3) is 0. The lowest BCUT2D eigenvalue weighted by Gasteiger charge is -2.05. The van der Waals surface area contributed by atoms with Crippen LogP contribution in [0.25, 0.3) is 44.3 Å². The number of aromatic hydroxyl groups is 1. The fourth-order valence-corrected chi connectivity index (χ4v) is 3.70. The number of H-pyrrole nitrogens is 1. The van der Waals surface area contributed by atoms with Crippen molar-refractivity contribution in [3.8, 4) is 34.0 Å². The molecule has 0 aliphatic heterocycles. The molecule has 5 aromatic rings. The highest BCUT2D eigenvalue weighted by Gasteiger charge is 2.15. The summed E-state index contributed by atoms with van der Waals surface area (Å²) < 4.78 is 31.6. The van der Waals surface area contributed by atoms with E-state index in [4.69, 9.17) is 5.11 Å². The SMILES string of the molecule is O=C(O)Oc1cc(O)c2c(ccc3[nH]c(-c4cccc(-c5ccc(F)c(F)c5)c4)nc32)c1. The number of carbonyl (C=O) groups is 1.